The number of carboxylic acids is 1. The normalized spacial score (nSPS) is 16.8. The zero-order valence-electron chi connectivity index (χ0n) is 11.6. The number of aromatic amines is 1. The molecule has 0 atom stereocenters. The van der Waals surface area contributed by atoms with Crippen molar-refractivity contribution in [2.24, 2.45) is 0 Å². The number of aromatic nitrogens is 1. The molecule has 1 heterocycles. The molecule has 0 spiro atoms. The number of carbonyl (C=O) groups excluding carboxylic acids is 1. The van der Waals surface area contributed by atoms with E-state index in [0.29, 0.717) is 28.2 Å². The van der Waals surface area contributed by atoms with Crippen LogP contribution < -0.4 is 5.32 Å². The lowest BCUT2D eigenvalue weighted by Gasteiger charge is -2.24. The summed E-state index contributed by atoms with van der Waals surface area (Å²) in [5.41, 5.74) is -0.583. The molecular weight excluding hydrogens is 355 g/mol. The lowest BCUT2D eigenvalue weighted by atomic mass is 9.97. The average Bonchev–Trinajstić information content (AvgIpc) is 3.05. The molecule has 1 aliphatic rings. The fourth-order valence-corrected chi connectivity index (χ4v) is 3.37. The molecule has 1 aromatic carbocycles. The van der Waals surface area contributed by atoms with E-state index >= 15 is 0 Å². The Bertz CT molecular complexity index is 765. The van der Waals surface area contributed by atoms with Gasteiger partial charge in [-0.05, 0) is 31.0 Å². The number of hydrogen-bond donors (Lipinski definition) is 3. The Kier molecular flexibility index (Phi) is 3.68. The molecule has 2 aromatic rings. The summed E-state index contributed by atoms with van der Waals surface area (Å²) in [6, 6.07) is 4.38. The third-order valence-electron chi connectivity index (χ3n) is 4.12. The van der Waals surface area contributed by atoms with Crippen molar-refractivity contribution < 1.29 is 19.1 Å². The molecule has 1 fully saturated rings. The van der Waals surface area contributed by atoms with Crippen molar-refractivity contribution in [2.75, 3.05) is 0 Å². The largest absolute Gasteiger partial charge is 0.480 e. The van der Waals surface area contributed by atoms with Crippen molar-refractivity contribution in [1.29, 1.82) is 0 Å². The van der Waals surface area contributed by atoms with Crippen molar-refractivity contribution in [3.05, 3.63) is 34.2 Å². The standard InChI is InChI=1S/C15H14BrFN2O3/c16-8-5-10(17)9-7-12(18-11(9)6-8)13(20)19-15(14(21)22)3-1-2-4-15/h5-7,18H,1-4H2,(H,19,20)(H,21,22). The monoisotopic (exact) mass is 368 g/mol. The highest BCUT2D eigenvalue weighted by molar-refractivity contribution is 9.10. The number of H-pyrrole nitrogens is 1. The molecule has 1 aliphatic carbocycles. The molecule has 3 rings (SSSR count). The van der Waals surface area contributed by atoms with Crippen LogP contribution in [0.5, 0.6) is 0 Å². The van der Waals surface area contributed by atoms with E-state index in [2.05, 4.69) is 26.2 Å². The van der Waals surface area contributed by atoms with Gasteiger partial charge in [0.05, 0.1) is 5.52 Å². The summed E-state index contributed by atoms with van der Waals surface area (Å²) in [6.07, 6.45) is 2.35. The number of fused-ring (bicyclic) bond motifs is 1. The zero-order valence-corrected chi connectivity index (χ0v) is 13.2. The number of carboxylic acid groups (broad SMARTS) is 1. The first-order chi connectivity index (χ1) is 10.4. The summed E-state index contributed by atoms with van der Waals surface area (Å²) in [5.74, 6) is -2.01. The third kappa shape index (κ3) is 2.49. The van der Waals surface area contributed by atoms with E-state index < -0.39 is 23.2 Å². The number of amides is 1. The number of hydrogen-bond acceptors (Lipinski definition) is 2. The van der Waals surface area contributed by atoms with Crippen LogP contribution in [0.15, 0.2) is 22.7 Å². The van der Waals surface area contributed by atoms with Crippen LogP contribution in [0.25, 0.3) is 10.9 Å². The summed E-state index contributed by atoms with van der Waals surface area (Å²) < 4.78 is 14.4. The van der Waals surface area contributed by atoms with Crippen molar-refractivity contribution in [3.63, 3.8) is 0 Å². The van der Waals surface area contributed by atoms with Gasteiger partial charge in [0, 0.05) is 9.86 Å². The lowest BCUT2D eigenvalue weighted by Crippen LogP contribution is -2.52. The molecule has 7 heteroatoms. The van der Waals surface area contributed by atoms with Gasteiger partial charge in [0.1, 0.15) is 17.1 Å². The first kappa shape index (κ1) is 15.0. The Morgan fingerprint density at radius 3 is 2.59 bits per heavy atom. The first-order valence-corrected chi connectivity index (χ1v) is 7.74. The van der Waals surface area contributed by atoms with Crippen LogP contribution in [0.3, 0.4) is 0 Å². The molecule has 1 aromatic heterocycles. The number of carbonyl (C=O) groups is 2. The lowest BCUT2D eigenvalue weighted by molar-refractivity contribution is -0.144. The van der Waals surface area contributed by atoms with Gasteiger partial charge >= 0.3 is 5.97 Å². The Labute approximate surface area is 134 Å². The van der Waals surface area contributed by atoms with Gasteiger partial charge < -0.3 is 15.4 Å². The minimum absolute atomic E-state index is 0.152. The first-order valence-electron chi connectivity index (χ1n) is 6.95. The fraction of sp³-hybridized carbons (Fsp3) is 0.333. The maximum absolute atomic E-state index is 13.9. The molecule has 0 aliphatic heterocycles. The number of aliphatic carboxylic acids is 1. The summed E-state index contributed by atoms with van der Waals surface area (Å²) in [5, 5.41) is 12.3. The van der Waals surface area contributed by atoms with Gasteiger partial charge in [-0.15, -0.1) is 0 Å². The molecular formula is C15H14BrFN2O3. The van der Waals surface area contributed by atoms with Crippen LogP contribution in [0.2, 0.25) is 0 Å². The maximum atomic E-state index is 13.9. The van der Waals surface area contributed by atoms with Gasteiger partial charge in [-0.3, -0.25) is 4.79 Å². The van der Waals surface area contributed by atoms with Crippen molar-refractivity contribution >= 4 is 38.7 Å². The second kappa shape index (κ2) is 5.39. The highest BCUT2D eigenvalue weighted by atomic mass is 79.9. The van der Waals surface area contributed by atoms with Crippen LogP contribution >= 0.6 is 15.9 Å². The number of nitrogens with one attached hydrogen (secondary N) is 2. The van der Waals surface area contributed by atoms with Crippen LogP contribution in [0.1, 0.15) is 36.2 Å². The molecule has 3 N–H and O–H groups in total. The van der Waals surface area contributed by atoms with Gasteiger partial charge in [-0.2, -0.15) is 0 Å². The number of rotatable bonds is 3. The van der Waals surface area contributed by atoms with Gasteiger partial charge in [0.25, 0.3) is 5.91 Å². The quantitative estimate of drug-likeness (QED) is 0.777. The Morgan fingerprint density at radius 1 is 1.27 bits per heavy atom. The van der Waals surface area contributed by atoms with Crippen LogP contribution in [0.4, 0.5) is 4.39 Å². The predicted molar refractivity (Wildman–Crippen MR) is 82.3 cm³/mol. The van der Waals surface area contributed by atoms with Crippen molar-refractivity contribution in [1.82, 2.24) is 10.3 Å². The number of halogens is 2. The summed E-state index contributed by atoms with van der Waals surface area (Å²) in [7, 11) is 0. The SMILES string of the molecule is O=C(NC1(C(=O)O)CCCC1)c1cc2c(F)cc(Br)cc2[nH]1. The topological polar surface area (TPSA) is 82.2 Å². The third-order valence-corrected chi connectivity index (χ3v) is 4.57. The van der Waals surface area contributed by atoms with Gasteiger partial charge in [0.15, 0.2) is 0 Å². The molecule has 116 valence electrons. The van der Waals surface area contributed by atoms with Crippen LogP contribution in [0, 0.1) is 5.82 Å². The van der Waals surface area contributed by atoms with E-state index in [0.717, 1.165) is 12.8 Å². The van der Waals surface area contributed by atoms with Gasteiger partial charge in [-0.1, -0.05) is 28.8 Å². The molecule has 1 saturated carbocycles. The Hall–Kier alpha value is -1.89. The van der Waals surface area contributed by atoms with E-state index in [4.69, 9.17) is 0 Å². The molecule has 5 nitrogen and oxygen atoms in total. The average molecular weight is 369 g/mol. The summed E-state index contributed by atoms with van der Waals surface area (Å²) in [4.78, 5) is 26.6. The minimum Gasteiger partial charge on any atom is -0.480 e. The van der Waals surface area contributed by atoms with E-state index in [1.165, 1.54) is 12.1 Å². The van der Waals surface area contributed by atoms with E-state index in [-0.39, 0.29) is 5.69 Å². The summed E-state index contributed by atoms with van der Waals surface area (Å²) >= 11 is 3.19. The Morgan fingerprint density at radius 2 is 1.95 bits per heavy atom. The maximum Gasteiger partial charge on any atom is 0.329 e. The molecule has 1 amide bonds. The van der Waals surface area contributed by atoms with Gasteiger partial charge in [-0.25, -0.2) is 9.18 Å². The molecule has 0 unspecified atom stereocenters. The predicted octanol–water partition coefficient (Wildman–Crippen LogP) is 3.20. The van der Waals surface area contributed by atoms with E-state index in [9.17, 15) is 19.1 Å². The minimum atomic E-state index is -1.21. The molecule has 0 bridgehead atoms. The molecule has 0 radical (unpaired) electrons. The van der Waals surface area contributed by atoms with Crippen molar-refractivity contribution in [3.8, 4) is 0 Å². The molecule has 22 heavy (non-hydrogen) atoms. The fourth-order valence-electron chi connectivity index (χ4n) is 2.94. The Balaban J connectivity index is 1.92. The second-order valence-corrected chi connectivity index (χ2v) is 6.50. The van der Waals surface area contributed by atoms with Gasteiger partial charge in [0.2, 0.25) is 0 Å². The smallest absolute Gasteiger partial charge is 0.329 e. The van der Waals surface area contributed by atoms with E-state index in [1.54, 1.807) is 6.07 Å². The molecule has 0 saturated heterocycles. The second-order valence-electron chi connectivity index (χ2n) is 5.58. The van der Waals surface area contributed by atoms with Crippen molar-refractivity contribution in [2.45, 2.75) is 31.2 Å². The highest BCUT2D eigenvalue weighted by Crippen LogP contribution is 2.30. The van der Waals surface area contributed by atoms with Crippen LogP contribution in [-0.4, -0.2) is 27.5 Å². The van der Waals surface area contributed by atoms with E-state index in [1.807, 2.05) is 0 Å². The highest BCUT2D eigenvalue weighted by Gasteiger charge is 2.42. The zero-order chi connectivity index (χ0) is 15.9. The number of benzene rings is 1. The summed E-state index contributed by atoms with van der Waals surface area (Å²) in [6.45, 7) is 0. The van der Waals surface area contributed by atoms with Crippen LogP contribution in [-0.2, 0) is 4.79 Å².